The molecule has 0 spiro atoms. The summed E-state index contributed by atoms with van der Waals surface area (Å²) in [6, 6.07) is 9.76. The molecule has 3 rings (SSSR count). The molecule has 0 aromatic heterocycles. The van der Waals surface area contributed by atoms with Gasteiger partial charge in [-0.3, -0.25) is 6.08 Å². The van der Waals surface area contributed by atoms with Crippen LogP contribution >= 0.6 is 12.4 Å². The zero-order valence-corrected chi connectivity index (χ0v) is 28.7. The van der Waals surface area contributed by atoms with E-state index >= 15 is 0 Å². The van der Waals surface area contributed by atoms with E-state index in [1.807, 2.05) is 47.1 Å². The number of nitrogens with one attached hydrogen (secondary N) is 1. The maximum atomic E-state index is 11.1. The second kappa shape index (κ2) is 27.7. The van der Waals surface area contributed by atoms with Crippen LogP contribution in [0.3, 0.4) is 0 Å². The molecule has 0 bridgehead atoms. The number of amides is 1. The number of para-hydroxylation sites is 1. The van der Waals surface area contributed by atoms with Crippen LogP contribution in [0.1, 0.15) is 105 Å². The van der Waals surface area contributed by atoms with E-state index in [9.17, 15) is 4.79 Å². The number of rotatable bonds is 4. The van der Waals surface area contributed by atoms with Crippen LogP contribution in [0.4, 0.5) is 0 Å². The Morgan fingerprint density at radius 2 is 1.39 bits per heavy atom. The van der Waals surface area contributed by atoms with Gasteiger partial charge >= 0.3 is 21.7 Å². The quantitative estimate of drug-likeness (QED) is 0.257. The predicted molar refractivity (Wildman–Crippen MR) is 167 cm³/mol. The van der Waals surface area contributed by atoms with Crippen LogP contribution in [-0.2, 0) is 26.5 Å². The standard InChI is InChI=1S/C13H25NO.C9H11O.C9H13.CH5Si.ClH.Ti/c14-13(15)12-10-8-6-4-2-1-3-5-7-9-11-12;1-2-8-10-9-6-4-3-5-7-9;1-6-5-7(2)9(4)8(6)3;1-2;;/h12H,1-11H2,(H2,14,15);3-7H,1-2,8H2;6H,1-4H3;2H2,1H3;1H;/q;2*-1;;;+3/p-1. The van der Waals surface area contributed by atoms with E-state index in [4.69, 9.17) is 10.5 Å². The van der Waals surface area contributed by atoms with E-state index in [0.29, 0.717) is 12.5 Å². The molecule has 2 aliphatic rings. The third kappa shape index (κ3) is 20.1. The number of ether oxygens (including phenoxy) is 1. The summed E-state index contributed by atoms with van der Waals surface area (Å²) in [7, 11) is 1.86. The molecule has 1 atom stereocenters. The summed E-state index contributed by atoms with van der Waals surface area (Å²) < 4.78 is 5.29. The number of benzene rings is 1. The second-order valence-electron chi connectivity index (χ2n) is 9.63. The van der Waals surface area contributed by atoms with Gasteiger partial charge in [0.25, 0.3) is 0 Å². The van der Waals surface area contributed by atoms with E-state index in [-0.39, 0.29) is 45.9 Å². The molecule has 1 aromatic rings. The van der Waals surface area contributed by atoms with Crippen molar-refractivity contribution in [1.82, 2.24) is 0 Å². The maximum absolute atomic E-state index is 11.1. The summed E-state index contributed by atoms with van der Waals surface area (Å²) in [5, 5.41) is 0. The van der Waals surface area contributed by atoms with E-state index in [2.05, 4.69) is 40.7 Å². The molecular formula is C32H54ClNO2SiTi. The van der Waals surface area contributed by atoms with Crippen molar-refractivity contribution in [2.45, 2.75) is 111 Å². The number of hydrogen-bond donors (Lipinski definition) is 0. The summed E-state index contributed by atoms with van der Waals surface area (Å²) in [5.41, 5.74) is 11.5. The Bertz CT molecular complexity index is 743. The average Bonchev–Trinajstić information content (AvgIpc) is 3.10. The third-order valence-electron chi connectivity index (χ3n) is 6.87. The Morgan fingerprint density at radius 1 is 0.947 bits per heavy atom. The number of hydrogen-bond acceptors (Lipinski definition) is 2. The number of carbonyl (C=O) groups is 1. The number of halogens is 1. The Balaban J connectivity index is -0.000000472. The van der Waals surface area contributed by atoms with Crippen LogP contribution in [0.15, 0.2) is 47.1 Å². The van der Waals surface area contributed by atoms with E-state index in [1.54, 1.807) is 0 Å². The molecule has 214 valence electrons. The van der Waals surface area contributed by atoms with Crippen molar-refractivity contribution in [3.63, 3.8) is 0 Å². The summed E-state index contributed by atoms with van der Waals surface area (Å²) in [6.07, 6.45) is 17.6. The number of carbonyl (C=O) groups excluding carboxylic acids is 1. The first-order chi connectivity index (χ1) is 17.4. The van der Waals surface area contributed by atoms with Gasteiger partial charge in [-0.2, -0.15) is 11.1 Å². The van der Waals surface area contributed by atoms with Crippen LogP contribution in [0.2, 0.25) is 6.55 Å². The van der Waals surface area contributed by atoms with Crippen molar-refractivity contribution >= 4 is 28.6 Å². The second-order valence-corrected chi connectivity index (χ2v) is 9.63. The molecule has 1 unspecified atom stereocenters. The Kier molecular flexibility index (Phi) is 30.4. The molecule has 2 aliphatic carbocycles. The molecule has 0 heterocycles. The predicted octanol–water partition coefficient (Wildman–Crippen LogP) is 9.58. The molecule has 38 heavy (non-hydrogen) atoms. The van der Waals surface area contributed by atoms with Gasteiger partial charge < -0.3 is 22.2 Å². The topological polar surface area (TPSA) is 50.1 Å². The molecule has 1 fully saturated rings. The normalized spacial score (nSPS) is 18.0. The zero-order valence-electron chi connectivity index (χ0n) is 24.9. The molecule has 1 amide bonds. The van der Waals surface area contributed by atoms with Gasteiger partial charge in [0.15, 0.2) is 0 Å². The van der Waals surface area contributed by atoms with Crippen LogP contribution in [-0.4, -0.2) is 22.8 Å². The molecule has 1 aromatic carbocycles. The molecule has 1 saturated carbocycles. The Hall–Kier alpha value is -0.809. The van der Waals surface area contributed by atoms with Crippen molar-refractivity contribution in [2.75, 3.05) is 6.61 Å². The van der Waals surface area contributed by atoms with Crippen molar-refractivity contribution < 1.29 is 31.2 Å². The molecular weight excluding hydrogens is 542 g/mol. The molecule has 0 saturated heterocycles. The first-order valence-corrected chi connectivity index (χ1v) is 15.5. The third-order valence-corrected chi connectivity index (χ3v) is 6.87. The van der Waals surface area contributed by atoms with Crippen LogP contribution in [0.5, 0.6) is 5.75 Å². The largest absolute Gasteiger partial charge is 3.00 e. The van der Waals surface area contributed by atoms with Gasteiger partial charge in [0, 0.05) is 16.2 Å². The van der Waals surface area contributed by atoms with Crippen LogP contribution in [0.25, 0.3) is 5.73 Å². The molecule has 1 N–H and O–H groups in total. The SMILES string of the molecule is CC1=[C-]C(C)C(C)=C1C.C[SiH2].Cl.[CH2-]CCOc1ccccc1.[NH-]C(=O)C1CCCCCCCCCCC1.[Ti+3]. The van der Waals surface area contributed by atoms with Gasteiger partial charge in [-0.25, -0.2) is 5.57 Å². The summed E-state index contributed by atoms with van der Waals surface area (Å²) in [6.45, 7) is 15.1. The Morgan fingerprint density at radius 3 is 1.71 bits per heavy atom. The monoisotopic (exact) mass is 595 g/mol. The molecule has 2 radical (unpaired) electrons. The fourth-order valence-electron chi connectivity index (χ4n) is 4.29. The minimum atomic E-state index is -0.327. The fourth-order valence-corrected chi connectivity index (χ4v) is 4.29. The first-order valence-electron chi connectivity index (χ1n) is 14.1. The van der Waals surface area contributed by atoms with Crippen molar-refractivity contribution in [1.29, 1.82) is 0 Å². The fraction of sp³-hybridized carbons (Fsp3) is 0.625. The first kappa shape index (κ1) is 41.7. The smallest absolute Gasteiger partial charge is 0.668 e. The van der Waals surface area contributed by atoms with Crippen LogP contribution < -0.4 is 4.74 Å². The summed E-state index contributed by atoms with van der Waals surface area (Å²) in [5.74, 6) is 1.20. The minimum Gasteiger partial charge on any atom is -0.668 e. The molecule has 6 heteroatoms. The van der Waals surface area contributed by atoms with Gasteiger partial charge in [0.2, 0.25) is 0 Å². The Labute approximate surface area is 259 Å². The van der Waals surface area contributed by atoms with Crippen molar-refractivity contribution in [2.24, 2.45) is 11.8 Å². The van der Waals surface area contributed by atoms with Crippen molar-refractivity contribution in [3.8, 4) is 5.75 Å². The van der Waals surface area contributed by atoms with Gasteiger partial charge in [0.05, 0.1) is 12.5 Å². The van der Waals surface area contributed by atoms with Crippen LogP contribution in [0, 0.1) is 24.8 Å². The molecule has 3 nitrogen and oxygen atoms in total. The maximum Gasteiger partial charge on any atom is 3.00 e. The van der Waals surface area contributed by atoms with E-state index < -0.39 is 0 Å². The van der Waals surface area contributed by atoms with Crippen molar-refractivity contribution in [3.05, 3.63) is 65.8 Å². The van der Waals surface area contributed by atoms with Gasteiger partial charge in [-0.15, -0.1) is 25.8 Å². The van der Waals surface area contributed by atoms with E-state index in [0.717, 1.165) is 37.9 Å². The minimum absolute atomic E-state index is 0. The summed E-state index contributed by atoms with van der Waals surface area (Å²) >= 11 is 0. The number of allylic oxidation sites excluding steroid dienone is 4. The molecule has 0 aliphatic heterocycles. The summed E-state index contributed by atoms with van der Waals surface area (Å²) in [4.78, 5) is 11.1. The van der Waals surface area contributed by atoms with Gasteiger partial charge in [-0.1, -0.05) is 109 Å². The zero-order chi connectivity index (χ0) is 27.2. The van der Waals surface area contributed by atoms with Gasteiger partial charge in [0.1, 0.15) is 5.75 Å². The average molecular weight is 596 g/mol. The van der Waals surface area contributed by atoms with Gasteiger partial charge in [-0.05, 0) is 25.0 Å². The van der Waals surface area contributed by atoms with E-state index in [1.165, 1.54) is 61.7 Å².